The van der Waals surface area contributed by atoms with E-state index in [0.717, 1.165) is 32.1 Å². The van der Waals surface area contributed by atoms with Gasteiger partial charge in [-0.15, -0.1) is 0 Å². The number of fused-ring (bicyclic) bond motifs is 3. The van der Waals surface area contributed by atoms with Crippen LogP contribution in [0.3, 0.4) is 0 Å². The van der Waals surface area contributed by atoms with Crippen molar-refractivity contribution in [1.29, 1.82) is 0 Å². The predicted molar refractivity (Wildman–Crippen MR) is 68.4 cm³/mol. The summed E-state index contributed by atoms with van der Waals surface area (Å²) >= 11 is 0. The fourth-order valence-corrected chi connectivity index (χ4v) is 3.96. The molecule has 5 nitrogen and oxygen atoms in total. The molecule has 2 bridgehead atoms. The van der Waals surface area contributed by atoms with Crippen LogP contribution in [0, 0.1) is 5.92 Å². The Morgan fingerprint density at radius 2 is 2.15 bits per heavy atom. The van der Waals surface area contributed by atoms with Gasteiger partial charge in [0.05, 0.1) is 6.26 Å². The van der Waals surface area contributed by atoms with Crippen molar-refractivity contribution in [2.45, 2.75) is 56.2 Å². The Balaban J connectivity index is 1.74. The molecular weight excluding hydrogens is 260 g/mol. The molecule has 3 aliphatic heterocycles. The van der Waals surface area contributed by atoms with Gasteiger partial charge in [0.25, 0.3) is 5.79 Å². The maximum Gasteiger partial charge on any atom is 0.262 e. The van der Waals surface area contributed by atoms with Crippen molar-refractivity contribution in [2.75, 3.05) is 7.11 Å². The summed E-state index contributed by atoms with van der Waals surface area (Å²) in [5.41, 5.74) is -0.459. The molecule has 1 saturated carbocycles. The van der Waals surface area contributed by atoms with E-state index in [2.05, 4.69) is 0 Å². The van der Waals surface area contributed by atoms with Gasteiger partial charge in [-0.3, -0.25) is 0 Å². The van der Waals surface area contributed by atoms with Crippen LogP contribution >= 0.6 is 0 Å². The molecule has 110 valence electrons. The molecular formula is C15H20O5. The lowest BCUT2D eigenvalue weighted by Crippen LogP contribution is -2.59. The highest BCUT2D eigenvalue weighted by Crippen LogP contribution is 2.55. The molecule has 5 heteroatoms. The van der Waals surface area contributed by atoms with Crippen molar-refractivity contribution in [3.05, 3.63) is 24.2 Å². The number of furan rings is 1. The number of methoxy groups -OCH3 is 1. The number of rotatable bonds is 2. The van der Waals surface area contributed by atoms with Crippen molar-refractivity contribution in [3.63, 3.8) is 0 Å². The zero-order valence-corrected chi connectivity index (χ0v) is 11.7. The second-order valence-electron chi connectivity index (χ2n) is 6.02. The van der Waals surface area contributed by atoms with E-state index in [9.17, 15) is 0 Å². The molecule has 1 unspecified atom stereocenters. The third kappa shape index (κ3) is 1.64. The highest BCUT2D eigenvalue weighted by atomic mass is 17.3. The molecule has 1 aromatic rings. The van der Waals surface area contributed by atoms with Gasteiger partial charge in [-0.2, -0.15) is 4.89 Å². The molecule has 4 fully saturated rings. The molecule has 20 heavy (non-hydrogen) atoms. The number of hydrogen-bond acceptors (Lipinski definition) is 5. The number of ether oxygens (including phenoxy) is 2. The van der Waals surface area contributed by atoms with Crippen molar-refractivity contribution < 1.29 is 23.7 Å². The Morgan fingerprint density at radius 3 is 2.95 bits per heavy atom. The van der Waals surface area contributed by atoms with Gasteiger partial charge < -0.3 is 13.9 Å². The third-order valence-electron chi connectivity index (χ3n) is 5.02. The first-order valence-electron chi connectivity index (χ1n) is 7.40. The summed E-state index contributed by atoms with van der Waals surface area (Å²) in [4.78, 5) is 11.6. The first-order valence-corrected chi connectivity index (χ1v) is 7.40. The minimum atomic E-state index is -0.966. The fraction of sp³-hybridized carbons (Fsp3) is 0.733. The largest absolute Gasteiger partial charge is 0.464 e. The van der Waals surface area contributed by atoms with E-state index in [1.54, 1.807) is 13.4 Å². The Bertz CT molecular complexity index is 469. The lowest BCUT2D eigenvalue weighted by atomic mass is 9.73. The molecule has 5 rings (SSSR count). The Morgan fingerprint density at radius 1 is 1.20 bits per heavy atom. The van der Waals surface area contributed by atoms with E-state index in [0.29, 0.717) is 11.7 Å². The van der Waals surface area contributed by atoms with E-state index < -0.39 is 17.7 Å². The molecule has 4 atom stereocenters. The van der Waals surface area contributed by atoms with Gasteiger partial charge in [0, 0.05) is 13.5 Å². The summed E-state index contributed by atoms with van der Waals surface area (Å²) < 4.78 is 17.3. The van der Waals surface area contributed by atoms with Crippen LogP contribution in [0.25, 0.3) is 0 Å². The summed E-state index contributed by atoms with van der Waals surface area (Å²) in [7, 11) is 1.67. The van der Waals surface area contributed by atoms with Crippen LogP contribution < -0.4 is 0 Å². The van der Waals surface area contributed by atoms with Crippen LogP contribution in [-0.4, -0.2) is 19.0 Å². The van der Waals surface area contributed by atoms with E-state index >= 15 is 0 Å². The first kappa shape index (κ1) is 12.8. The van der Waals surface area contributed by atoms with E-state index in [1.165, 1.54) is 6.42 Å². The lowest BCUT2D eigenvalue weighted by molar-refractivity contribution is -0.561. The molecule has 0 aromatic carbocycles. The Kier molecular flexibility index (Phi) is 2.93. The van der Waals surface area contributed by atoms with Gasteiger partial charge >= 0.3 is 0 Å². The molecule has 1 aromatic heterocycles. The zero-order valence-electron chi connectivity index (χ0n) is 11.7. The average Bonchev–Trinajstić information content (AvgIpc) is 2.93. The molecule has 3 saturated heterocycles. The smallest absolute Gasteiger partial charge is 0.262 e. The minimum Gasteiger partial charge on any atom is -0.464 e. The zero-order chi connectivity index (χ0) is 13.6. The quantitative estimate of drug-likeness (QED) is 0.779. The topological polar surface area (TPSA) is 50.1 Å². The first-order chi connectivity index (χ1) is 9.79. The SMILES string of the molecule is COC1O[C@@]2(c3ccco3)CC[C@H]3CCCC[C@@]13OO2. The monoisotopic (exact) mass is 280 g/mol. The van der Waals surface area contributed by atoms with Crippen molar-refractivity contribution >= 4 is 0 Å². The Labute approximate surface area is 118 Å². The molecule has 0 amide bonds. The van der Waals surface area contributed by atoms with Crippen LogP contribution in [-0.2, 0) is 25.0 Å². The van der Waals surface area contributed by atoms with E-state index in [4.69, 9.17) is 23.7 Å². The predicted octanol–water partition coefficient (Wildman–Crippen LogP) is 3.11. The van der Waals surface area contributed by atoms with Crippen LogP contribution in [0.2, 0.25) is 0 Å². The van der Waals surface area contributed by atoms with E-state index in [1.807, 2.05) is 12.1 Å². The van der Waals surface area contributed by atoms with Crippen LogP contribution in [0.1, 0.15) is 44.3 Å². The maximum atomic E-state index is 6.19. The molecule has 4 heterocycles. The second-order valence-corrected chi connectivity index (χ2v) is 6.02. The molecule has 0 radical (unpaired) electrons. The van der Waals surface area contributed by atoms with Crippen molar-refractivity contribution in [1.82, 2.24) is 0 Å². The van der Waals surface area contributed by atoms with E-state index in [-0.39, 0.29) is 0 Å². The van der Waals surface area contributed by atoms with Gasteiger partial charge in [0.2, 0.25) is 0 Å². The highest BCUT2D eigenvalue weighted by molar-refractivity contribution is 5.10. The molecule has 0 N–H and O–H groups in total. The molecule has 4 aliphatic rings. The number of hydrogen-bond donors (Lipinski definition) is 0. The summed E-state index contributed by atoms with van der Waals surface area (Å²) in [6, 6.07) is 3.70. The maximum absolute atomic E-state index is 6.19. The molecule has 1 aliphatic carbocycles. The summed E-state index contributed by atoms with van der Waals surface area (Å²) in [6.07, 6.45) is 7.37. The fourth-order valence-electron chi connectivity index (χ4n) is 3.96. The van der Waals surface area contributed by atoms with Crippen LogP contribution in [0.4, 0.5) is 0 Å². The van der Waals surface area contributed by atoms with Crippen molar-refractivity contribution in [2.24, 2.45) is 5.92 Å². The van der Waals surface area contributed by atoms with Crippen LogP contribution in [0.5, 0.6) is 0 Å². The van der Waals surface area contributed by atoms with Gasteiger partial charge in [0.1, 0.15) is 0 Å². The second kappa shape index (κ2) is 4.56. The lowest BCUT2D eigenvalue weighted by Gasteiger charge is -2.49. The third-order valence-corrected chi connectivity index (χ3v) is 5.02. The van der Waals surface area contributed by atoms with Gasteiger partial charge in [0.15, 0.2) is 17.7 Å². The standard InChI is InChI=1S/C15H20O5/c1-16-13-14-8-3-2-5-11(14)7-9-15(18-13,20-19-14)12-6-4-10-17-12/h4,6,10-11,13H,2-3,5,7-9H2,1H3/t11-,13?,14+,15+/m1/s1. The van der Waals surface area contributed by atoms with Gasteiger partial charge in [-0.05, 0) is 37.3 Å². The Hall–Kier alpha value is -0.880. The van der Waals surface area contributed by atoms with Crippen LogP contribution in [0.15, 0.2) is 22.8 Å². The average molecular weight is 280 g/mol. The van der Waals surface area contributed by atoms with Gasteiger partial charge in [-0.1, -0.05) is 12.8 Å². The van der Waals surface area contributed by atoms with Crippen molar-refractivity contribution in [3.8, 4) is 0 Å². The normalized spacial score (nSPS) is 44.0. The van der Waals surface area contributed by atoms with Gasteiger partial charge in [-0.25, -0.2) is 4.89 Å². The highest BCUT2D eigenvalue weighted by Gasteiger charge is 2.62. The summed E-state index contributed by atoms with van der Waals surface area (Å²) in [6.45, 7) is 0. The summed E-state index contributed by atoms with van der Waals surface area (Å²) in [5.74, 6) is 0.0980. The minimum absolute atomic E-state index is 0.408. The summed E-state index contributed by atoms with van der Waals surface area (Å²) in [5, 5.41) is 0. The molecule has 1 spiro atoms.